The maximum atomic E-state index is 5.41. The van der Waals surface area contributed by atoms with E-state index >= 15 is 0 Å². The van der Waals surface area contributed by atoms with Crippen LogP contribution in [0, 0.1) is 0 Å². The molecule has 5 heteroatoms. The van der Waals surface area contributed by atoms with E-state index < -0.39 is 0 Å². The largest absolute Gasteiger partial charge is 0.329 e. The van der Waals surface area contributed by atoms with Crippen molar-refractivity contribution in [2.24, 2.45) is 5.73 Å². The molecule has 0 saturated carbocycles. The van der Waals surface area contributed by atoms with Crippen LogP contribution in [-0.2, 0) is 6.42 Å². The second kappa shape index (κ2) is 6.44. The van der Waals surface area contributed by atoms with Crippen molar-refractivity contribution < 1.29 is 0 Å². The Morgan fingerprint density at radius 1 is 1.24 bits per heavy atom. The predicted molar refractivity (Wildman–Crippen MR) is 71.0 cm³/mol. The molecule has 0 amide bonds. The molecule has 0 aliphatic heterocycles. The van der Waals surface area contributed by atoms with E-state index in [0.29, 0.717) is 6.54 Å². The Morgan fingerprint density at radius 2 is 2.06 bits per heavy atom. The fourth-order valence-electron chi connectivity index (χ4n) is 1.50. The molecule has 0 atom stereocenters. The highest BCUT2D eigenvalue weighted by Crippen LogP contribution is 2.20. The molecule has 2 aromatic heterocycles. The van der Waals surface area contributed by atoms with Crippen molar-refractivity contribution in [1.82, 2.24) is 15.3 Å². The number of hydrogen-bond donors (Lipinski definition) is 2. The zero-order chi connectivity index (χ0) is 11.9. The van der Waals surface area contributed by atoms with Gasteiger partial charge >= 0.3 is 0 Å². The lowest BCUT2D eigenvalue weighted by atomic mass is 10.2. The van der Waals surface area contributed by atoms with Crippen LogP contribution in [-0.4, -0.2) is 29.6 Å². The van der Waals surface area contributed by atoms with Gasteiger partial charge in [-0.25, -0.2) is 4.98 Å². The van der Waals surface area contributed by atoms with E-state index in [9.17, 15) is 0 Å². The Bertz CT molecular complexity index is 441. The lowest BCUT2D eigenvalue weighted by Gasteiger charge is -1.99. The highest BCUT2D eigenvalue weighted by atomic mass is 32.1. The monoisotopic (exact) mass is 248 g/mol. The number of pyridine rings is 1. The molecule has 0 aromatic carbocycles. The first-order valence-electron chi connectivity index (χ1n) is 5.66. The summed E-state index contributed by atoms with van der Waals surface area (Å²) in [5.41, 5.74) is 7.56. The van der Waals surface area contributed by atoms with Gasteiger partial charge in [0.15, 0.2) is 0 Å². The van der Waals surface area contributed by atoms with Crippen molar-refractivity contribution in [1.29, 1.82) is 0 Å². The number of aromatic nitrogens is 2. The molecule has 0 aliphatic rings. The minimum Gasteiger partial charge on any atom is -0.329 e. The number of hydrogen-bond acceptors (Lipinski definition) is 5. The highest BCUT2D eigenvalue weighted by Gasteiger charge is 2.03. The summed E-state index contributed by atoms with van der Waals surface area (Å²) in [6.45, 7) is 2.48. The highest BCUT2D eigenvalue weighted by molar-refractivity contribution is 7.09. The molecule has 2 rings (SSSR count). The summed E-state index contributed by atoms with van der Waals surface area (Å²) in [6, 6.07) is 3.96. The summed E-state index contributed by atoms with van der Waals surface area (Å²) in [4.78, 5) is 8.60. The van der Waals surface area contributed by atoms with Crippen LogP contribution < -0.4 is 11.1 Å². The van der Waals surface area contributed by atoms with Crippen LogP contribution in [0.1, 0.15) is 5.01 Å². The van der Waals surface area contributed by atoms with Gasteiger partial charge in [-0.05, 0) is 12.1 Å². The molecule has 2 heterocycles. The summed E-state index contributed by atoms with van der Waals surface area (Å²) in [5, 5.41) is 6.51. The Kier molecular flexibility index (Phi) is 4.61. The zero-order valence-electron chi connectivity index (χ0n) is 9.60. The van der Waals surface area contributed by atoms with E-state index in [1.54, 1.807) is 23.7 Å². The van der Waals surface area contributed by atoms with Gasteiger partial charge in [0.05, 0.1) is 10.7 Å². The quantitative estimate of drug-likeness (QED) is 0.756. The third kappa shape index (κ3) is 3.59. The molecule has 0 spiro atoms. The maximum Gasteiger partial charge on any atom is 0.0945 e. The van der Waals surface area contributed by atoms with Gasteiger partial charge in [-0.15, -0.1) is 11.3 Å². The van der Waals surface area contributed by atoms with Gasteiger partial charge in [0.1, 0.15) is 0 Å². The average molecular weight is 248 g/mol. The molecular formula is C12H16N4S. The van der Waals surface area contributed by atoms with Gasteiger partial charge in [0, 0.05) is 49.4 Å². The lowest BCUT2D eigenvalue weighted by molar-refractivity contribution is 0.687. The summed E-state index contributed by atoms with van der Waals surface area (Å²) in [6.07, 6.45) is 4.53. The third-order valence-electron chi connectivity index (χ3n) is 2.36. The average Bonchev–Trinajstić information content (AvgIpc) is 2.85. The number of nitrogens with one attached hydrogen (secondary N) is 1. The number of nitrogens with zero attached hydrogens (tertiary/aromatic N) is 2. The van der Waals surface area contributed by atoms with Gasteiger partial charge < -0.3 is 11.1 Å². The molecule has 0 bridgehead atoms. The maximum absolute atomic E-state index is 5.41. The number of thiazole rings is 1. The van der Waals surface area contributed by atoms with E-state index in [0.717, 1.165) is 35.8 Å². The van der Waals surface area contributed by atoms with Crippen LogP contribution in [0.2, 0.25) is 0 Å². The first kappa shape index (κ1) is 12.2. The Morgan fingerprint density at radius 3 is 2.82 bits per heavy atom. The van der Waals surface area contributed by atoms with Crippen molar-refractivity contribution in [3.8, 4) is 11.3 Å². The lowest BCUT2D eigenvalue weighted by Crippen LogP contribution is -2.24. The van der Waals surface area contributed by atoms with E-state index in [1.807, 2.05) is 12.1 Å². The van der Waals surface area contributed by atoms with Gasteiger partial charge in [0.25, 0.3) is 0 Å². The van der Waals surface area contributed by atoms with Crippen molar-refractivity contribution in [3.05, 3.63) is 34.9 Å². The smallest absolute Gasteiger partial charge is 0.0945 e. The molecule has 0 fully saturated rings. The zero-order valence-corrected chi connectivity index (χ0v) is 10.4. The summed E-state index contributed by atoms with van der Waals surface area (Å²) in [7, 11) is 0. The van der Waals surface area contributed by atoms with Crippen molar-refractivity contribution >= 4 is 11.3 Å². The number of nitrogens with two attached hydrogens (primary N) is 1. The first-order valence-corrected chi connectivity index (χ1v) is 6.53. The van der Waals surface area contributed by atoms with E-state index in [2.05, 4.69) is 20.7 Å². The molecule has 2 aromatic rings. The van der Waals surface area contributed by atoms with Crippen LogP contribution in [0.4, 0.5) is 0 Å². The summed E-state index contributed by atoms with van der Waals surface area (Å²) >= 11 is 1.70. The van der Waals surface area contributed by atoms with Crippen LogP contribution >= 0.6 is 11.3 Å². The van der Waals surface area contributed by atoms with Crippen LogP contribution in [0.15, 0.2) is 29.9 Å². The van der Waals surface area contributed by atoms with E-state index in [4.69, 9.17) is 5.73 Å². The van der Waals surface area contributed by atoms with Gasteiger partial charge in [-0.1, -0.05) is 0 Å². The predicted octanol–water partition coefficient (Wildman–Crippen LogP) is 1.30. The molecular weight excluding hydrogens is 232 g/mol. The fraction of sp³-hybridized carbons (Fsp3) is 0.333. The molecule has 0 saturated heterocycles. The second-order valence-corrected chi connectivity index (χ2v) is 4.59. The Labute approximate surface area is 105 Å². The Balaban J connectivity index is 1.92. The van der Waals surface area contributed by atoms with Gasteiger partial charge in [-0.3, -0.25) is 4.98 Å². The molecule has 17 heavy (non-hydrogen) atoms. The molecule has 0 aliphatic carbocycles. The van der Waals surface area contributed by atoms with Gasteiger partial charge in [0.2, 0.25) is 0 Å². The van der Waals surface area contributed by atoms with Crippen LogP contribution in [0.3, 0.4) is 0 Å². The van der Waals surface area contributed by atoms with Crippen molar-refractivity contribution in [2.75, 3.05) is 19.6 Å². The normalized spacial score (nSPS) is 10.6. The molecule has 0 unspecified atom stereocenters. The molecule has 3 N–H and O–H groups in total. The van der Waals surface area contributed by atoms with E-state index in [-0.39, 0.29) is 0 Å². The summed E-state index contributed by atoms with van der Waals surface area (Å²) in [5.74, 6) is 0. The third-order valence-corrected chi connectivity index (χ3v) is 3.27. The molecule has 4 nitrogen and oxygen atoms in total. The molecule has 90 valence electrons. The first-order chi connectivity index (χ1) is 8.40. The standard InChI is InChI=1S/C12H16N4S/c13-4-8-15-7-3-12-16-11(9-17-12)10-1-5-14-6-2-10/h1-2,5-6,9,15H,3-4,7-8,13H2. The van der Waals surface area contributed by atoms with Gasteiger partial charge in [-0.2, -0.15) is 0 Å². The topological polar surface area (TPSA) is 63.8 Å². The minimum absolute atomic E-state index is 0.681. The van der Waals surface area contributed by atoms with E-state index in [1.165, 1.54) is 0 Å². The number of rotatable bonds is 6. The second-order valence-electron chi connectivity index (χ2n) is 3.65. The minimum atomic E-state index is 0.681. The van der Waals surface area contributed by atoms with Crippen molar-refractivity contribution in [2.45, 2.75) is 6.42 Å². The SMILES string of the molecule is NCCNCCc1nc(-c2ccncc2)cs1. The van der Waals surface area contributed by atoms with Crippen LogP contribution in [0.5, 0.6) is 0 Å². The Hall–Kier alpha value is -1.30. The van der Waals surface area contributed by atoms with Crippen LogP contribution in [0.25, 0.3) is 11.3 Å². The molecule has 0 radical (unpaired) electrons. The summed E-state index contributed by atoms with van der Waals surface area (Å²) < 4.78 is 0. The fourth-order valence-corrected chi connectivity index (χ4v) is 2.31. The van der Waals surface area contributed by atoms with Crippen molar-refractivity contribution in [3.63, 3.8) is 0 Å².